The van der Waals surface area contributed by atoms with Gasteiger partial charge in [0.15, 0.2) is 4.96 Å². The van der Waals surface area contributed by atoms with E-state index in [9.17, 15) is 4.79 Å². The summed E-state index contributed by atoms with van der Waals surface area (Å²) in [5, 5.41) is 8.00. The molecule has 116 valence electrons. The number of aromatic nitrogens is 2. The first-order valence-electron chi connectivity index (χ1n) is 6.71. The van der Waals surface area contributed by atoms with E-state index in [2.05, 4.69) is 15.6 Å². The lowest BCUT2D eigenvalue weighted by atomic mass is 10.3. The summed E-state index contributed by atoms with van der Waals surface area (Å²) >= 11 is 1.56. The molecule has 0 atom stereocenters. The fourth-order valence-corrected chi connectivity index (χ4v) is 2.65. The summed E-state index contributed by atoms with van der Waals surface area (Å²) in [7, 11) is 3.22. The molecular weight excluding hydrogens is 292 g/mol. The number of nitrogens with one attached hydrogen (secondary N) is 2. The lowest BCUT2D eigenvalue weighted by Gasteiger charge is -2.07. The van der Waals surface area contributed by atoms with Crippen LogP contribution in [0.3, 0.4) is 0 Å². The molecule has 2 aromatic rings. The average molecular weight is 312 g/mol. The van der Waals surface area contributed by atoms with Gasteiger partial charge in [-0.15, -0.1) is 11.3 Å². The molecule has 0 bridgehead atoms. The van der Waals surface area contributed by atoms with Crippen LogP contribution in [0, 0.1) is 0 Å². The van der Waals surface area contributed by atoms with Crippen molar-refractivity contribution in [2.24, 2.45) is 0 Å². The minimum atomic E-state index is 0.0143. The Morgan fingerprint density at radius 1 is 1.43 bits per heavy atom. The number of ether oxygens (including phenoxy) is 2. The quantitative estimate of drug-likeness (QED) is 0.665. The van der Waals surface area contributed by atoms with Gasteiger partial charge in [0.1, 0.15) is 5.69 Å². The van der Waals surface area contributed by atoms with Crippen LogP contribution >= 0.6 is 11.3 Å². The highest BCUT2D eigenvalue weighted by Gasteiger charge is 2.13. The first kappa shape index (κ1) is 15.7. The highest BCUT2D eigenvalue weighted by Crippen LogP contribution is 2.22. The zero-order valence-corrected chi connectivity index (χ0v) is 13.0. The van der Waals surface area contributed by atoms with Crippen molar-refractivity contribution in [3.05, 3.63) is 17.3 Å². The van der Waals surface area contributed by atoms with E-state index in [0.717, 1.165) is 10.7 Å². The minimum absolute atomic E-state index is 0.0143. The van der Waals surface area contributed by atoms with Crippen molar-refractivity contribution in [2.75, 3.05) is 33.9 Å². The molecule has 1 amide bonds. The highest BCUT2D eigenvalue weighted by atomic mass is 32.1. The van der Waals surface area contributed by atoms with Crippen LogP contribution in [0.2, 0.25) is 0 Å². The molecule has 2 rings (SSSR count). The van der Waals surface area contributed by atoms with Gasteiger partial charge < -0.3 is 20.1 Å². The number of methoxy groups -OCH3 is 2. The molecule has 0 aliphatic carbocycles. The van der Waals surface area contributed by atoms with Gasteiger partial charge in [-0.05, 0) is 0 Å². The SMILES string of the molecule is COCCNC(=O)CCNCc1c(OC)nc2sccn12. The lowest BCUT2D eigenvalue weighted by molar-refractivity contribution is -0.121. The maximum Gasteiger partial charge on any atom is 0.237 e. The van der Waals surface area contributed by atoms with E-state index in [1.165, 1.54) is 0 Å². The van der Waals surface area contributed by atoms with Crippen molar-refractivity contribution in [3.63, 3.8) is 0 Å². The van der Waals surface area contributed by atoms with Crippen molar-refractivity contribution in [2.45, 2.75) is 13.0 Å². The van der Waals surface area contributed by atoms with Crippen LogP contribution in [0.25, 0.3) is 4.96 Å². The van der Waals surface area contributed by atoms with E-state index in [1.807, 2.05) is 16.0 Å². The molecule has 0 radical (unpaired) electrons. The van der Waals surface area contributed by atoms with Crippen molar-refractivity contribution in [1.29, 1.82) is 0 Å². The largest absolute Gasteiger partial charge is 0.480 e. The smallest absolute Gasteiger partial charge is 0.237 e. The van der Waals surface area contributed by atoms with Crippen molar-refractivity contribution in [1.82, 2.24) is 20.0 Å². The Morgan fingerprint density at radius 3 is 3.05 bits per heavy atom. The molecule has 2 heterocycles. The van der Waals surface area contributed by atoms with Crippen LogP contribution < -0.4 is 15.4 Å². The Bertz CT molecular complexity index is 581. The first-order valence-corrected chi connectivity index (χ1v) is 7.59. The molecule has 0 saturated carbocycles. The highest BCUT2D eigenvalue weighted by molar-refractivity contribution is 7.15. The number of rotatable bonds is 9. The summed E-state index contributed by atoms with van der Waals surface area (Å²) < 4.78 is 12.1. The molecule has 0 fully saturated rings. The Morgan fingerprint density at radius 2 is 2.29 bits per heavy atom. The van der Waals surface area contributed by atoms with Gasteiger partial charge in [0.2, 0.25) is 11.8 Å². The molecule has 0 spiro atoms. The summed E-state index contributed by atoms with van der Waals surface area (Å²) in [6.07, 6.45) is 2.39. The monoisotopic (exact) mass is 312 g/mol. The molecule has 0 saturated heterocycles. The van der Waals surface area contributed by atoms with E-state index in [4.69, 9.17) is 9.47 Å². The second-order valence-corrected chi connectivity index (χ2v) is 5.27. The van der Waals surface area contributed by atoms with Crippen LogP contribution in [-0.4, -0.2) is 49.2 Å². The molecule has 0 aliphatic rings. The van der Waals surface area contributed by atoms with E-state index in [0.29, 0.717) is 38.5 Å². The standard InChI is InChI=1S/C13H20N4O3S/c1-19-7-5-15-11(18)3-4-14-9-10-12(20-2)16-13-17(10)6-8-21-13/h6,8,14H,3-5,7,9H2,1-2H3,(H,15,18). The third kappa shape index (κ3) is 4.16. The zero-order chi connectivity index (χ0) is 15.1. The van der Waals surface area contributed by atoms with Gasteiger partial charge in [0.25, 0.3) is 0 Å². The van der Waals surface area contributed by atoms with Crippen LogP contribution in [0.4, 0.5) is 0 Å². The Labute approximate surface area is 127 Å². The normalized spacial score (nSPS) is 11.0. The maximum atomic E-state index is 11.5. The number of fused-ring (bicyclic) bond motifs is 1. The predicted octanol–water partition coefficient (Wildman–Crippen LogP) is 0.647. The predicted molar refractivity (Wildman–Crippen MR) is 80.8 cm³/mol. The summed E-state index contributed by atoms with van der Waals surface area (Å²) in [5.41, 5.74) is 0.966. The van der Waals surface area contributed by atoms with Crippen molar-refractivity contribution >= 4 is 22.2 Å². The van der Waals surface area contributed by atoms with Gasteiger partial charge >= 0.3 is 0 Å². The molecule has 21 heavy (non-hydrogen) atoms. The zero-order valence-electron chi connectivity index (χ0n) is 12.2. The second kappa shape index (κ2) is 7.96. The second-order valence-electron chi connectivity index (χ2n) is 4.39. The van der Waals surface area contributed by atoms with E-state index >= 15 is 0 Å². The average Bonchev–Trinajstić information content (AvgIpc) is 3.05. The number of hydrogen-bond acceptors (Lipinski definition) is 6. The number of carbonyl (C=O) groups excluding carboxylic acids is 1. The van der Waals surface area contributed by atoms with Crippen molar-refractivity contribution < 1.29 is 14.3 Å². The molecule has 0 aromatic carbocycles. The van der Waals surface area contributed by atoms with Crippen LogP contribution in [-0.2, 0) is 16.1 Å². The Kier molecular flexibility index (Phi) is 5.97. The molecule has 7 nitrogen and oxygen atoms in total. The Hall–Kier alpha value is -1.64. The van der Waals surface area contributed by atoms with Crippen molar-refractivity contribution in [3.8, 4) is 5.88 Å². The molecule has 0 unspecified atom stereocenters. The number of hydrogen-bond donors (Lipinski definition) is 2. The van der Waals surface area contributed by atoms with Gasteiger partial charge in [0, 0.05) is 44.7 Å². The summed E-state index contributed by atoms with van der Waals surface area (Å²) in [5.74, 6) is 0.638. The third-order valence-corrected chi connectivity index (χ3v) is 3.72. The summed E-state index contributed by atoms with van der Waals surface area (Å²) in [6, 6.07) is 0. The van der Waals surface area contributed by atoms with Gasteiger partial charge in [-0.3, -0.25) is 9.20 Å². The number of thiazole rings is 1. The lowest BCUT2D eigenvalue weighted by Crippen LogP contribution is -2.30. The van der Waals surface area contributed by atoms with Crippen LogP contribution in [0.15, 0.2) is 11.6 Å². The molecule has 2 N–H and O–H groups in total. The maximum absolute atomic E-state index is 11.5. The van der Waals surface area contributed by atoms with E-state index < -0.39 is 0 Å². The number of nitrogens with zero attached hydrogens (tertiary/aromatic N) is 2. The van der Waals surface area contributed by atoms with Gasteiger partial charge in [-0.1, -0.05) is 0 Å². The molecular formula is C13H20N4O3S. The van der Waals surface area contributed by atoms with E-state index in [1.54, 1.807) is 25.6 Å². The fourth-order valence-electron chi connectivity index (χ4n) is 1.93. The third-order valence-electron chi connectivity index (χ3n) is 2.97. The fraction of sp³-hybridized carbons (Fsp3) is 0.538. The summed E-state index contributed by atoms with van der Waals surface area (Å²) in [6.45, 7) is 2.27. The summed E-state index contributed by atoms with van der Waals surface area (Å²) in [4.78, 5) is 16.8. The number of amides is 1. The van der Waals surface area contributed by atoms with Gasteiger partial charge in [-0.25, -0.2) is 0 Å². The molecule has 2 aromatic heterocycles. The topological polar surface area (TPSA) is 76.9 Å². The van der Waals surface area contributed by atoms with Crippen LogP contribution in [0.1, 0.15) is 12.1 Å². The van der Waals surface area contributed by atoms with Gasteiger partial charge in [-0.2, -0.15) is 4.98 Å². The Balaban J connectivity index is 1.77. The van der Waals surface area contributed by atoms with Gasteiger partial charge in [0.05, 0.1) is 13.7 Å². The number of carbonyl (C=O) groups is 1. The number of imidazole rings is 1. The van der Waals surface area contributed by atoms with Crippen LogP contribution in [0.5, 0.6) is 5.88 Å². The minimum Gasteiger partial charge on any atom is -0.480 e. The molecule has 8 heteroatoms. The van der Waals surface area contributed by atoms with E-state index in [-0.39, 0.29) is 5.91 Å². The molecule has 0 aliphatic heterocycles. The first-order chi connectivity index (χ1) is 10.3.